The Bertz CT molecular complexity index is 499. The van der Waals surface area contributed by atoms with Crippen LogP contribution in [0, 0.1) is 12.8 Å². The number of aliphatic hydroxyl groups is 1. The van der Waals surface area contributed by atoms with E-state index < -0.39 is 5.54 Å². The van der Waals surface area contributed by atoms with Gasteiger partial charge in [-0.05, 0) is 39.5 Å². The van der Waals surface area contributed by atoms with E-state index in [2.05, 4.69) is 15.6 Å². The van der Waals surface area contributed by atoms with Gasteiger partial charge in [0, 0.05) is 11.1 Å². The minimum atomic E-state index is -0.553. The molecule has 1 heterocycles. The Labute approximate surface area is 136 Å². The highest BCUT2D eigenvalue weighted by Crippen LogP contribution is 2.32. The van der Waals surface area contributed by atoms with Crippen LogP contribution in [0.15, 0.2) is 5.38 Å². The van der Waals surface area contributed by atoms with Crippen molar-refractivity contribution in [1.82, 2.24) is 15.6 Å². The summed E-state index contributed by atoms with van der Waals surface area (Å²) in [5, 5.41) is 18.6. The molecule has 124 valence electrons. The van der Waals surface area contributed by atoms with Crippen molar-refractivity contribution in [3.8, 4) is 0 Å². The molecule has 0 bridgehead atoms. The lowest BCUT2D eigenvalue weighted by Crippen LogP contribution is -2.57. The summed E-state index contributed by atoms with van der Waals surface area (Å²) in [7, 11) is 0. The van der Waals surface area contributed by atoms with Crippen molar-refractivity contribution in [3.63, 3.8) is 0 Å². The Balaban J connectivity index is 1.93. The van der Waals surface area contributed by atoms with Crippen LogP contribution in [0.5, 0.6) is 0 Å². The highest BCUT2D eigenvalue weighted by atomic mass is 32.1. The normalized spacial score (nSPS) is 20.2. The molecule has 1 aromatic heterocycles. The van der Waals surface area contributed by atoms with E-state index in [9.17, 15) is 9.90 Å². The van der Waals surface area contributed by atoms with Gasteiger partial charge in [0.1, 0.15) is 5.01 Å². The summed E-state index contributed by atoms with van der Waals surface area (Å²) in [5.41, 5.74) is 0.416. The molecule has 0 saturated heterocycles. The van der Waals surface area contributed by atoms with Crippen LogP contribution >= 0.6 is 11.3 Å². The average molecular weight is 325 g/mol. The molecule has 6 heteroatoms. The van der Waals surface area contributed by atoms with E-state index in [0.29, 0.717) is 5.92 Å². The molecule has 5 nitrogen and oxygen atoms in total. The molecule has 1 aliphatic carbocycles. The van der Waals surface area contributed by atoms with Crippen LogP contribution < -0.4 is 10.6 Å². The quantitative estimate of drug-likeness (QED) is 0.778. The third-order valence-corrected chi connectivity index (χ3v) is 5.73. The van der Waals surface area contributed by atoms with Gasteiger partial charge in [-0.25, -0.2) is 9.78 Å². The van der Waals surface area contributed by atoms with Crippen molar-refractivity contribution >= 4 is 17.4 Å². The van der Waals surface area contributed by atoms with Gasteiger partial charge in [0.15, 0.2) is 0 Å². The first-order valence-corrected chi connectivity index (χ1v) is 8.94. The van der Waals surface area contributed by atoms with Crippen molar-refractivity contribution in [3.05, 3.63) is 16.1 Å². The topological polar surface area (TPSA) is 74.2 Å². The van der Waals surface area contributed by atoms with E-state index in [-0.39, 0.29) is 18.7 Å². The summed E-state index contributed by atoms with van der Waals surface area (Å²) in [6.07, 6.45) is 5.75. The molecule has 3 N–H and O–H groups in total. The predicted molar refractivity (Wildman–Crippen MR) is 89.0 cm³/mol. The second kappa shape index (κ2) is 7.42. The van der Waals surface area contributed by atoms with Crippen molar-refractivity contribution in [1.29, 1.82) is 0 Å². The Morgan fingerprint density at radius 2 is 2.18 bits per heavy atom. The van der Waals surface area contributed by atoms with Gasteiger partial charge >= 0.3 is 6.03 Å². The Morgan fingerprint density at radius 1 is 1.50 bits per heavy atom. The van der Waals surface area contributed by atoms with Crippen LogP contribution in [0.4, 0.5) is 4.79 Å². The van der Waals surface area contributed by atoms with E-state index in [1.54, 1.807) is 11.3 Å². The molecule has 0 unspecified atom stereocenters. The third-order valence-electron chi connectivity index (χ3n) is 4.59. The maximum Gasteiger partial charge on any atom is 0.315 e. The number of nitrogens with zero attached hydrogens (tertiary/aromatic N) is 1. The number of aliphatic hydroxyl groups excluding tert-OH is 1. The first kappa shape index (κ1) is 17.2. The van der Waals surface area contributed by atoms with Crippen molar-refractivity contribution in [2.45, 2.75) is 64.5 Å². The Kier molecular flexibility index (Phi) is 5.81. The summed E-state index contributed by atoms with van der Waals surface area (Å²) in [6, 6.07) is -0.365. The largest absolute Gasteiger partial charge is 0.394 e. The molecule has 0 spiro atoms. The number of nitrogens with one attached hydrogen (secondary N) is 2. The van der Waals surface area contributed by atoms with Crippen LogP contribution in [0.2, 0.25) is 0 Å². The SMILES string of the molecule is Cc1csc([C@@H](C)NC(=O)N[C@](C)(CO)C2CCCCC2)n1. The van der Waals surface area contributed by atoms with Gasteiger partial charge in [0.05, 0.1) is 18.2 Å². The van der Waals surface area contributed by atoms with Crippen LogP contribution in [-0.4, -0.2) is 28.3 Å². The zero-order chi connectivity index (χ0) is 16.2. The average Bonchev–Trinajstić information content (AvgIpc) is 2.94. The molecule has 2 amide bonds. The second-order valence-electron chi connectivity index (χ2n) is 6.56. The van der Waals surface area contributed by atoms with Crippen molar-refractivity contribution in [2.75, 3.05) is 6.61 Å². The summed E-state index contributed by atoms with van der Waals surface area (Å²) < 4.78 is 0. The van der Waals surface area contributed by atoms with Crippen LogP contribution in [-0.2, 0) is 0 Å². The highest BCUT2D eigenvalue weighted by molar-refractivity contribution is 7.09. The number of aryl methyl sites for hydroxylation is 1. The molecule has 2 atom stereocenters. The van der Waals surface area contributed by atoms with Crippen molar-refractivity contribution < 1.29 is 9.90 Å². The van der Waals surface area contributed by atoms with Gasteiger partial charge in [0.25, 0.3) is 0 Å². The van der Waals surface area contributed by atoms with E-state index in [1.165, 1.54) is 19.3 Å². The van der Waals surface area contributed by atoms with Gasteiger partial charge in [-0.15, -0.1) is 11.3 Å². The summed E-state index contributed by atoms with van der Waals surface area (Å²) in [6.45, 7) is 5.78. The molecular formula is C16H27N3O2S. The van der Waals surface area contributed by atoms with Gasteiger partial charge < -0.3 is 15.7 Å². The van der Waals surface area contributed by atoms with Gasteiger partial charge in [-0.2, -0.15) is 0 Å². The lowest BCUT2D eigenvalue weighted by atomic mass is 9.76. The molecule has 0 radical (unpaired) electrons. The number of hydrogen-bond donors (Lipinski definition) is 3. The molecule has 0 aromatic carbocycles. The lowest BCUT2D eigenvalue weighted by Gasteiger charge is -2.39. The standard InChI is InChI=1S/C16H27N3O2S/c1-11-9-22-14(17-11)12(2)18-15(21)19-16(3,10-20)13-7-5-4-6-8-13/h9,12-13,20H,4-8,10H2,1-3H3,(H2,18,19,21)/t12-,16-/m1/s1. The molecule has 22 heavy (non-hydrogen) atoms. The van der Waals surface area contributed by atoms with Crippen molar-refractivity contribution in [2.24, 2.45) is 5.92 Å². The molecule has 2 rings (SSSR count). The van der Waals surface area contributed by atoms with E-state index >= 15 is 0 Å². The maximum atomic E-state index is 12.3. The minimum Gasteiger partial charge on any atom is -0.394 e. The number of amides is 2. The monoisotopic (exact) mass is 325 g/mol. The van der Waals surface area contributed by atoms with Crippen LogP contribution in [0.3, 0.4) is 0 Å². The number of hydrogen-bond acceptors (Lipinski definition) is 4. The Morgan fingerprint density at radius 3 is 2.73 bits per heavy atom. The second-order valence-corrected chi connectivity index (χ2v) is 7.45. The predicted octanol–water partition coefficient (Wildman–Crippen LogP) is 3.14. The molecule has 1 fully saturated rings. The smallest absolute Gasteiger partial charge is 0.315 e. The van der Waals surface area contributed by atoms with E-state index in [4.69, 9.17) is 0 Å². The fourth-order valence-electron chi connectivity index (χ4n) is 3.14. The van der Waals surface area contributed by atoms with Gasteiger partial charge in [0.2, 0.25) is 0 Å². The minimum absolute atomic E-state index is 0.0319. The first-order chi connectivity index (χ1) is 10.4. The summed E-state index contributed by atoms with van der Waals surface area (Å²) >= 11 is 1.55. The van der Waals surface area contributed by atoms with Gasteiger partial charge in [-0.3, -0.25) is 0 Å². The maximum absolute atomic E-state index is 12.3. The number of rotatable bonds is 5. The molecule has 0 aliphatic heterocycles. The Hall–Kier alpha value is -1.14. The fourth-order valence-corrected chi connectivity index (χ4v) is 3.94. The summed E-state index contributed by atoms with van der Waals surface area (Å²) in [4.78, 5) is 16.7. The van der Waals surface area contributed by atoms with Crippen LogP contribution in [0.25, 0.3) is 0 Å². The number of urea groups is 1. The molecule has 1 saturated carbocycles. The lowest BCUT2D eigenvalue weighted by molar-refractivity contribution is 0.101. The zero-order valence-electron chi connectivity index (χ0n) is 13.7. The number of carbonyl (C=O) groups is 1. The number of thiazole rings is 1. The molecule has 1 aliphatic rings. The summed E-state index contributed by atoms with van der Waals surface area (Å²) in [5.74, 6) is 0.342. The third kappa shape index (κ3) is 4.20. The fraction of sp³-hybridized carbons (Fsp3) is 0.750. The zero-order valence-corrected chi connectivity index (χ0v) is 14.5. The van der Waals surface area contributed by atoms with E-state index in [1.807, 2.05) is 26.2 Å². The van der Waals surface area contributed by atoms with E-state index in [0.717, 1.165) is 23.5 Å². The molecular weight excluding hydrogens is 298 g/mol. The number of aromatic nitrogens is 1. The molecule has 1 aromatic rings. The van der Waals surface area contributed by atoms with Gasteiger partial charge in [-0.1, -0.05) is 19.3 Å². The highest BCUT2D eigenvalue weighted by Gasteiger charge is 2.36. The first-order valence-electron chi connectivity index (χ1n) is 8.06. The number of carbonyl (C=O) groups excluding carboxylic acids is 1. The van der Waals surface area contributed by atoms with Crippen LogP contribution in [0.1, 0.15) is 62.7 Å².